The highest BCUT2D eigenvalue weighted by Crippen LogP contribution is 2.32. The van der Waals surface area contributed by atoms with Gasteiger partial charge in [0.1, 0.15) is 5.75 Å². The van der Waals surface area contributed by atoms with Gasteiger partial charge < -0.3 is 9.72 Å². The second-order valence-corrected chi connectivity index (χ2v) is 8.34. The van der Waals surface area contributed by atoms with Gasteiger partial charge in [-0.1, -0.05) is 17.7 Å². The van der Waals surface area contributed by atoms with Crippen molar-refractivity contribution in [1.29, 1.82) is 0 Å². The van der Waals surface area contributed by atoms with Crippen molar-refractivity contribution in [2.75, 3.05) is 13.7 Å². The predicted molar refractivity (Wildman–Crippen MR) is 98.0 cm³/mol. The van der Waals surface area contributed by atoms with E-state index in [1.807, 2.05) is 13.0 Å². The van der Waals surface area contributed by atoms with Crippen LogP contribution in [0.15, 0.2) is 47.4 Å². The number of aromatic nitrogens is 1. The molecule has 4 rings (SSSR count). The summed E-state index contributed by atoms with van der Waals surface area (Å²) in [5, 5.41) is 0.761. The number of nitrogens with one attached hydrogen (secondary N) is 1. The number of nitrogens with zero attached hydrogens (tertiary/aromatic N) is 1. The minimum atomic E-state index is -3.74. The largest absolute Gasteiger partial charge is 0.497 e. The third-order valence-electron chi connectivity index (χ3n) is 4.68. The van der Waals surface area contributed by atoms with E-state index in [0.29, 0.717) is 17.0 Å². The predicted octanol–water partition coefficient (Wildman–Crippen LogP) is 2.87. The average Bonchev–Trinajstić information content (AvgIpc) is 3.00. The van der Waals surface area contributed by atoms with Gasteiger partial charge in [0.05, 0.1) is 25.1 Å². The van der Waals surface area contributed by atoms with Gasteiger partial charge in [0, 0.05) is 22.2 Å². The summed E-state index contributed by atoms with van der Waals surface area (Å²) in [5.74, 6) is 0.434. The number of benzene rings is 2. The summed E-state index contributed by atoms with van der Waals surface area (Å²) in [5.41, 5.74) is 2.93. The molecule has 0 aliphatic carbocycles. The lowest BCUT2D eigenvalue weighted by molar-refractivity contribution is 0.0951. The van der Waals surface area contributed by atoms with Crippen molar-refractivity contribution in [3.05, 3.63) is 59.3 Å². The van der Waals surface area contributed by atoms with Gasteiger partial charge in [-0.25, -0.2) is 8.42 Å². The summed E-state index contributed by atoms with van der Waals surface area (Å²) in [6, 6.07) is 12.1. The summed E-state index contributed by atoms with van der Waals surface area (Å²) in [4.78, 5) is 16.1. The number of hydrogen-bond acceptors (Lipinski definition) is 4. The standard InChI is InChI=1S/C19H18N2O4S/c1-12-3-6-14(7-4-12)26(23,24)21-10-17-19(18(22)11-21)15-9-13(25-2)5-8-16(15)20-17/h3-9,20H,10-11H2,1-2H3. The van der Waals surface area contributed by atoms with E-state index in [1.165, 1.54) is 4.31 Å². The zero-order chi connectivity index (χ0) is 18.5. The van der Waals surface area contributed by atoms with Crippen molar-refractivity contribution < 1.29 is 17.9 Å². The second kappa shape index (κ2) is 5.96. The Bertz CT molecular complexity index is 1110. The molecule has 26 heavy (non-hydrogen) atoms. The molecular formula is C19H18N2O4S. The summed E-state index contributed by atoms with van der Waals surface area (Å²) in [7, 11) is -2.17. The van der Waals surface area contributed by atoms with E-state index < -0.39 is 10.0 Å². The number of rotatable bonds is 3. The maximum atomic E-state index is 12.9. The fourth-order valence-corrected chi connectivity index (χ4v) is 4.66. The normalized spacial score (nSPS) is 15.2. The number of hydrogen-bond donors (Lipinski definition) is 1. The van der Waals surface area contributed by atoms with Gasteiger partial charge in [0.25, 0.3) is 0 Å². The molecular weight excluding hydrogens is 352 g/mol. The number of carbonyl (C=O) groups excluding carboxylic acids is 1. The zero-order valence-electron chi connectivity index (χ0n) is 14.4. The Balaban J connectivity index is 1.76. The topological polar surface area (TPSA) is 79.5 Å². The second-order valence-electron chi connectivity index (χ2n) is 6.40. The Morgan fingerprint density at radius 3 is 2.50 bits per heavy atom. The van der Waals surface area contributed by atoms with Crippen LogP contribution in [0.2, 0.25) is 0 Å². The first-order valence-corrected chi connectivity index (χ1v) is 9.63. The molecule has 0 radical (unpaired) electrons. The van der Waals surface area contributed by atoms with Crippen molar-refractivity contribution in [2.24, 2.45) is 0 Å². The van der Waals surface area contributed by atoms with Crippen LogP contribution >= 0.6 is 0 Å². The highest BCUT2D eigenvalue weighted by atomic mass is 32.2. The molecule has 1 aliphatic rings. The number of aromatic amines is 1. The maximum Gasteiger partial charge on any atom is 0.243 e. The molecule has 2 aromatic carbocycles. The van der Waals surface area contributed by atoms with Crippen molar-refractivity contribution in [1.82, 2.24) is 9.29 Å². The molecule has 0 unspecified atom stereocenters. The quantitative estimate of drug-likeness (QED) is 0.769. The minimum absolute atomic E-state index is 0.133. The van der Waals surface area contributed by atoms with Crippen LogP contribution in [0, 0.1) is 6.92 Å². The van der Waals surface area contributed by atoms with Crippen molar-refractivity contribution in [3.8, 4) is 5.75 Å². The lowest BCUT2D eigenvalue weighted by Crippen LogP contribution is -2.39. The smallest absolute Gasteiger partial charge is 0.243 e. The molecule has 1 aliphatic heterocycles. The van der Waals surface area contributed by atoms with Crippen molar-refractivity contribution >= 4 is 26.7 Å². The summed E-state index contributed by atoms with van der Waals surface area (Å²) < 4.78 is 32.3. The number of carbonyl (C=O) groups is 1. The van der Waals surface area contributed by atoms with E-state index in [-0.39, 0.29) is 23.8 Å². The third-order valence-corrected chi connectivity index (χ3v) is 6.48. The number of ether oxygens (including phenoxy) is 1. The number of H-pyrrole nitrogens is 1. The Hall–Kier alpha value is -2.64. The van der Waals surface area contributed by atoms with Gasteiger partial charge in [-0.05, 0) is 37.3 Å². The molecule has 0 spiro atoms. The van der Waals surface area contributed by atoms with E-state index in [2.05, 4.69) is 4.98 Å². The number of aryl methyl sites for hydroxylation is 1. The Kier molecular flexibility index (Phi) is 3.86. The van der Waals surface area contributed by atoms with Crippen LogP contribution in [0.5, 0.6) is 5.75 Å². The molecule has 1 aromatic heterocycles. The van der Waals surface area contributed by atoms with Crippen LogP contribution in [-0.4, -0.2) is 37.1 Å². The number of fused-ring (bicyclic) bond motifs is 3. The molecule has 6 nitrogen and oxygen atoms in total. The monoisotopic (exact) mass is 370 g/mol. The summed E-state index contributed by atoms with van der Waals surface area (Å²) in [6.45, 7) is 1.85. The van der Waals surface area contributed by atoms with Crippen molar-refractivity contribution in [2.45, 2.75) is 18.4 Å². The third kappa shape index (κ3) is 2.60. The molecule has 0 fully saturated rings. The molecule has 1 N–H and O–H groups in total. The molecule has 0 bridgehead atoms. The maximum absolute atomic E-state index is 12.9. The van der Waals surface area contributed by atoms with Crippen LogP contribution < -0.4 is 4.74 Å². The van der Waals surface area contributed by atoms with E-state index in [1.54, 1.807) is 43.5 Å². The van der Waals surface area contributed by atoms with E-state index in [9.17, 15) is 13.2 Å². The molecule has 134 valence electrons. The average molecular weight is 370 g/mol. The van der Waals surface area contributed by atoms with Crippen LogP contribution in [0.25, 0.3) is 10.9 Å². The van der Waals surface area contributed by atoms with Gasteiger partial charge >= 0.3 is 0 Å². The Morgan fingerprint density at radius 1 is 1.08 bits per heavy atom. The highest BCUT2D eigenvalue weighted by Gasteiger charge is 2.34. The lowest BCUT2D eigenvalue weighted by atomic mass is 10.0. The SMILES string of the molecule is COc1ccc2[nH]c3c(c2c1)C(=O)CN(S(=O)(=O)c1ccc(C)cc1)C3. The summed E-state index contributed by atoms with van der Waals surface area (Å²) >= 11 is 0. The first kappa shape index (κ1) is 16.8. The molecule has 7 heteroatoms. The van der Waals surface area contributed by atoms with E-state index in [0.717, 1.165) is 16.5 Å². The fourth-order valence-electron chi connectivity index (χ4n) is 3.29. The minimum Gasteiger partial charge on any atom is -0.497 e. The van der Waals surface area contributed by atoms with Crippen LogP contribution in [0.1, 0.15) is 21.6 Å². The first-order valence-electron chi connectivity index (χ1n) is 8.19. The molecule has 3 aromatic rings. The zero-order valence-corrected chi connectivity index (χ0v) is 15.3. The lowest BCUT2D eigenvalue weighted by Gasteiger charge is -2.25. The first-order chi connectivity index (χ1) is 12.4. The van der Waals surface area contributed by atoms with Gasteiger partial charge in [-0.2, -0.15) is 4.31 Å². The number of Topliss-reactive ketones (excluding diaryl/α,β-unsaturated/α-hetero) is 1. The molecule has 0 saturated carbocycles. The molecule has 0 saturated heterocycles. The van der Waals surface area contributed by atoms with Gasteiger partial charge in [0.2, 0.25) is 10.0 Å². The highest BCUT2D eigenvalue weighted by molar-refractivity contribution is 7.89. The van der Waals surface area contributed by atoms with Crippen LogP contribution in [0.4, 0.5) is 0 Å². The van der Waals surface area contributed by atoms with E-state index in [4.69, 9.17) is 4.74 Å². The summed E-state index contributed by atoms with van der Waals surface area (Å²) in [6.07, 6.45) is 0. The number of sulfonamides is 1. The number of methoxy groups -OCH3 is 1. The Morgan fingerprint density at radius 2 is 1.81 bits per heavy atom. The van der Waals surface area contributed by atoms with Crippen molar-refractivity contribution in [3.63, 3.8) is 0 Å². The van der Waals surface area contributed by atoms with Crippen LogP contribution in [0.3, 0.4) is 0 Å². The van der Waals surface area contributed by atoms with Gasteiger partial charge in [-0.15, -0.1) is 0 Å². The van der Waals surface area contributed by atoms with Gasteiger partial charge in [0.15, 0.2) is 5.78 Å². The Labute approximate surface area is 151 Å². The fraction of sp³-hybridized carbons (Fsp3) is 0.211. The van der Waals surface area contributed by atoms with Gasteiger partial charge in [-0.3, -0.25) is 4.79 Å². The molecule has 0 atom stereocenters. The number of ketones is 1. The van der Waals surface area contributed by atoms with Crippen LogP contribution in [-0.2, 0) is 16.6 Å². The molecule has 0 amide bonds. The molecule has 2 heterocycles. The van der Waals surface area contributed by atoms with E-state index >= 15 is 0 Å².